The van der Waals surface area contributed by atoms with Crippen LogP contribution in [-0.2, 0) is 0 Å². The van der Waals surface area contributed by atoms with Gasteiger partial charge in [-0.3, -0.25) is 0 Å². The number of hydrogen-bond donors (Lipinski definition) is 0. The molecular formula is C105H81N9Si3. The maximum absolute atomic E-state index is 5.11. The summed E-state index contributed by atoms with van der Waals surface area (Å²) in [6.07, 6.45) is 0. The minimum atomic E-state index is -1.95. The number of hydrogen-bond acceptors (Lipinski definition) is 9. The van der Waals surface area contributed by atoms with Gasteiger partial charge in [0.05, 0.1) is 0 Å². The second-order valence-corrected chi connectivity index (χ2v) is 44.6. The Morgan fingerprint density at radius 1 is 0.137 bits per heavy atom. The number of rotatable bonds is 12. The fourth-order valence-corrected chi connectivity index (χ4v) is 26.7. The molecule has 0 bridgehead atoms. The molecule has 15 aromatic carbocycles. The fraction of sp³-hybridized carbons (Fsp3) is 0.0571. The molecule has 0 radical (unpaired) electrons. The van der Waals surface area contributed by atoms with Gasteiger partial charge in [-0.2, -0.15) is 0 Å². The lowest BCUT2D eigenvalue weighted by Gasteiger charge is -2.21. The smallest absolute Gasteiger partial charge is 0.164 e. The fourth-order valence-electron chi connectivity index (χ4n) is 17.1. The van der Waals surface area contributed by atoms with Gasteiger partial charge in [0.1, 0.15) is 24.2 Å². The average molecular weight is 1550 g/mol. The zero-order valence-electron chi connectivity index (χ0n) is 65.9. The van der Waals surface area contributed by atoms with Crippen molar-refractivity contribution in [2.75, 3.05) is 0 Å². The van der Waals surface area contributed by atoms with Crippen LogP contribution < -0.4 is 31.1 Å². The Bertz CT molecular complexity index is 6720. The third-order valence-electron chi connectivity index (χ3n) is 23.3. The molecule has 0 aliphatic carbocycles. The molecule has 12 heteroatoms. The number of benzene rings is 15. The van der Waals surface area contributed by atoms with E-state index in [0.717, 1.165) is 55.9 Å². The van der Waals surface area contributed by atoms with Crippen molar-refractivity contribution >= 4 is 55.3 Å². The molecule has 117 heavy (non-hydrogen) atoms. The van der Waals surface area contributed by atoms with Gasteiger partial charge in [0.25, 0.3) is 0 Å². The molecule has 0 atom stereocenters. The van der Waals surface area contributed by atoms with Crippen LogP contribution in [0.5, 0.6) is 0 Å². The lowest BCUT2D eigenvalue weighted by atomic mass is 10.0. The molecule has 3 aliphatic rings. The highest BCUT2D eigenvalue weighted by atomic mass is 28.3. The first-order valence-corrected chi connectivity index (χ1v) is 48.9. The Balaban J connectivity index is 0.000000117. The molecule has 0 amide bonds. The molecule has 21 rings (SSSR count). The predicted octanol–water partition coefficient (Wildman–Crippen LogP) is 22.0. The highest BCUT2D eigenvalue weighted by molar-refractivity contribution is 7.05. The van der Waals surface area contributed by atoms with E-state index in [1.165, 1.54) is 97.9 Å². The zero-order valence-corrected chi connectivity index (χ0v) is 68.9. The van der Waals surface area contributed by atoms with Gasteiger partial charge in [0, 0.05) is 50.1 Å². The first kappa shape index (κ1) is 73.2. The van der Waals surface area contributed by atoms with Crippen molar-refractivity contribution in [1.29, 1.82) is 0 Å². The lowest BCUT2D eigenvalue weighted by molar-refractivity contribution is 1.07. The van der Waals surface area contributed by atoms with Gasteiger partial charge in [0.2, 0.25) is 0 Å². The Morgan fingerprint density at radius 3 is 0.744 bits per heavy atom. The maximum Gasteiger partial charge on any atom is 0.164 e. The van der Waals surface area contributed by atoms with Crippen molar-refractivity contribution in [3.05, 3.63) is 382 Å². The van der Waals surface area contributed by atoms with Gasteiger partial charge < -0.3 is 0 Å². The van der Waals surface area contributed by atoms with Crippen LogP contribution in [0.4, 0.5) is 0 Å². The highest BCUT2D eigenvalue weighted by Gasteiger charge is 2.41. The van der Waals surface area contributed by atoms with E-state index < -0.39 is 24.2 Å². The first-order valence-electron chi connectivity index (χ1n) is 39.9. The first-order chi connectivity index (χ1) is 57.2. The zero-order chi connectivity index (χ0) is 79.2. The van der Waals surface area contributed by atoms with Crippen LogP contribution in [0, 0.1) is 0 Å². The van der Waals surface area contributed by atoms with E-state index in [9.17, 15) is 0 Å². The van der Waals surface area contributed by atoms with Crippen LogP contribution in [0.25, 0.3) is 169 Å². The summed E-state index contributed by atoms with van der Waals surface area (Å²) in [5, 5.41) is 8.79. The van der Waals surface area contributed by atoms with E-state index in [2.05, 4.69) is 349 Å². The third kappa shape index (κ3) is 14.1. The van der Waals surface area contributed by atoms with Crippen molar-refractivity contribution in [2.24, 2.45) is 0 Å². The van der Waals surface area contributed by atoms with Gasteiger partial charge in [-0.1, -0.05) is 415 Å². The SMILES string of the molecule is C[Si]1(C)c2ccccc2-c2cc(-c3nc(-c4ccccc4)nc(-c4ccc(-c5ccccc5)cc4)n3)ccc21.C[Si]1(C)c2ccccc2-c2ccc(-c3nc(-c4ccccc4)nc(-c4ccc(-c5ccccc5)cc4)n3)cc21.C[Si]1(C)c2ccccc2-c2cccc(-c3nc(-c4ccccc4)nc(-c4ccc(-c5ccccc5)cc4)n3)c21. The van der Waals surface area contributed by atoms with Crippen molar-refractivity contribution in [2.45, 2.75) is 39.3 Å². The Labute approximate surface area is 686 Å². The summed E-state index contributed by atoms with van der Waals surface area (Å²) in [6.45, 7) is 14.6. The van der Waals surface area contributed by atoms with E-state index in [-0.39, 0.29) is 0 Å². The van der Waals surface area contributed by atoms with Crippen molar-refractivity contribution < 1.29 is 0 Å². The average Bonchev–Trinajstić information content (AvgIpc) is 1.59. The van der Waals surface area contributed by atoms with E-state index in [1.54, 1.807) is 0 Å². The van der Waals surface area contributed by atoms with Crippen LogP contribution in [-0.4, -0.2) is 69.1 Å². The Morgan fingerprint density at radius 2 is 0.359 bits per heavy atom. The minimum Gasteiger partial charge on any atom is -0.208 e. The molecule has 0 fully saturated rings. The third-order valence-corrected chi connectivity index (χ3v) is 33.9. The molecule has 18 aromatic rings. The Kier molecular flexibility index (Phi) is 19.2. The molecule has 6 heterocycles. The summed E-state index contributed by atoms with van der Waals surface area (Å²) in [6, 6.07) is 134. The maximum atomic E-state index is 5.11. The number of nitrogens with zero attached hydrogens (tertiary/aromatic N) is 9. The monoisotopic (exact) mass is 1550 g/mol. The molecule has 558 valence electrons. The van der Waals surface area contributed by atoms with E-state index in [0.29, 0.717) is 46.6 Å². The lowest BCUT2D eigenvalue weighted by Crippen LogP contribution is -2.50. The van der Waals surface area contributed by atoms with Gasteiger partial charge >= 0.3 is 0 Å². The standard InChI is InChI=1S/3C35H27N3Si/c1-39(2)31-19-10-9-16-28(31)29-17-11-18-30(32(29)39)35-37-33(26-14-7-4-8-15-26)36-34(38-35)27-22-20-25(21-23-27)24-12-5-3-6-13-24;1-39(2)31-16-10-9-15-29(31)30-23-28(21-22-32(30)39)35-37-33(26-13-7-4-8-14-26)36-34(38-35)27-19-17-25(18-20-27)24-11-5-3-6-12-24;1-39(2)31-16-10-9-15-29(31)30-22-21-28(23-32(30)39)35-37-33(26-13-7-4-8-14-26)36-34(38-35)27-19-17-25(18-20-27)24-11-5-3-6-12-24/h3*3-23H,1-2H3. The number of aromatic nitrogens is 9. The van der Waals surface area contributed by atoms with E-state index in [4.69, 9.17) is 44.9 Å². The molecule has 0 N–H and O–H groups in total. The summed E-state index contributed by atoms with van der Waals surface area (Å²) >= 11 is 0. The normalized spacial score (nSPS) is 13.1. The summed E-state index contributed by atoms with van der Waals surface area (Å²) in [5.74, 6) is 6.22. The second-order valence-electron chi connectivity index (χ2n) is 31.6. The van der Waals surface area contributed by atoms with Crippen LogP contribution in [0.2, 0.25) is 39.3 Å². The molecular weight excluding hydrogens is 1470 g/mol. The van der Waals surface area contributed by atoms with Crippen LogP contribution in [0.3, 0.4) is 0 Å². The Hall–Kier alpha value is -14.0. The van der Waals surface area contributed by atoms with Crippen molar-refractivity contribution in [1.82, 2.24) is 44.9 Å². The molecule has 0 unspecified atom stereocenters. The number of fused-ring (bicyclic) bond motifs is 9. The quantitative estimate of drug-likeness (QED) is 0.110. The van der Waals surface area contributed by atoms with Crippen LogP contribution in [0.15, 0.2) is 382 Å². The molecule has 3 aliphatic heterocycles. The molecule has 0 spiro atoms. The van der Waals surface area contributed by atoms with Crippen LogP contribution >= 0.6 is 0 Å². The van der Waals surface area contributed by atoms with Crippen LogP contribution in [0.1, 0.15) is 0 Å². The summed E-state index contributed by atoms with van der Waals surface area (Å²) in [4.78, 5) is 45.0. The van der Waals surface area contributed by atoms with Gasteiger partial charge in [-0.25, -0.2) is 44.9 Å². The van der Waals surface area contributed by atoms with Crippen molar-refractivity contribution in [3.8, 4) is 169 Å². The van der Waals surface area contributed by atoms with E-state index in [1.807, 2.05) is 72.8 Å². The molecule has 9 nitrogen and oxygen atoms in total. The van der Waals surface area contributed by atoms with Crippen molar-refractivity contribution in [3.63, 3.8) is 0 Å². The highest BCUT2D eigenvalue weighted by Crippen LogP contribution is 2.38. The minimum absolute atomic E-state index is 0.675. The summed E-state index contributed by atoms with van der Waals surface area (Å²) in [7, 11) is -5.48. The molecule has 3 aromatic heterocycles. The molecule has 0 saturated carbocycles. The second kappa shape index (κ2) is 30.7. The molecule has 0 saturated heterocycles. The van der Waals surface area contributed by atoms with Gasteiger partial charge in [-0.15, -0.1) is 0 Å². The topological polar surface area (TPSA) is 116 Å². The largest absolute Gasteiger partial charge is 0.208 e. The summed E-state index contributed by atoms with van der Waals surface area (Å²) < 4.78 is 0. The summed E-state index contributed by atoms with van der Waals surface area (Å²) in [5.41, 5.74) is 24.1. The van der Waals surface area contributed by atoms with Gasteiger partial charge in [0.15, 0.2) is 52.4 Å². The van der Waals surface area contributed by atoms with Gasteiger partial charge in [-0.05, 0) is 104 Å². The predicted molar refractivity (Wildman–Crippen MR) is 491 cm³/mol. The van der Waals surface area contributed by atoms with E-state index >= 15 is 0 Å².